The lowest BCUT2D eigenvalue weighted by molar-refractivity contribution is 0.488. The van der Waals surface area contributed by atoms with Crippen LogP contribution in [0.25, 0.3) is 0 Å². The molecule has 1 aliphatic rings. The summed E-state index contributed by atoms with van der Waals surface area (Å²) in [6.07, 6.45) is 1.73. The first kappa shape index (κ1) is 15.6. The zero-order valence-corrected chi connectivity index (χ0v) is 13.3. The van der Waals surface area contributed by atoms with Crippen LogP contribution in [0, 0.1) is 0 Å². The van der Waals surface area contributed by atoms with Gasteiger partial charge in [-0.05, 0) is 19.0 Å². The van der Waals surface area contributed by atoms with E-state index in [9.17, 15) is 16.8 Å². The first-order valence-electron chi connectivity index (χ1n) is 5.98. The molecule has 1 aliphatic heterocycles. The van der Waals surface area contributed by atoms with Crippen LogP contribution in [-0.4, -0.2) is 28.6 Å². The summed E-state index contributed by atoms with van der Waals surface area (Å²) in [5.41, 5.74) is 0.485. The molecule has 0 saturated heterocycles. The lowest BCUT2D eigenvalue weighted by atomic mass is 10.0. The van der Waals surface area contributed by atoms with Crippen molar-refractivity contribution < 1.29 is 16.8 Å². The molecule has 0 fully saturated rings. The summed E-state index contributed by atoms with van der Waals surface area (Å²) in [5.74, 6) is 0. The van der Waals surface area contributed by atoms with E-state index in [0.29, 0.717) is 29.9 Å². The third-order valence-corrected chi connectivity index (χ3v) is 8.44. The van der Waals surface area contributed by atoms with Crippen molar-refractivity contribution in [1.82, 2.24) is 5.32 Å². The van der Waals surface area contributed by atoms with Gasteiger partial charge in [0, 0.05) is 11.6 Å². The lowest BCUT2D eigenvalue weighted by Crippen LogP contribution is -2.33. The summed E-state index contributed by atoms with van der Waals surface area (Å²) in [6, 6.07) is 1.15. The van der Waals surface area contributed by atoms with E-state index >= 15 is 0 Å². The molecule has 0 spiro atoms. The van der Waals surface area contributed by atoms with Crippen LogP contribution < -0.4 is 10.5 Å². The van der Waals surface area contributed by atoms with Gasteiger partial charge in [-0.3, -0.25) is 0 Å². The summed E-state index contributed by atoms with van der Waals surface area (Å²) in [5, 5.41) is 7.54. The SMILES string of the molecule is C=C[C@H]1C[C@H](NCC)c2cc(S(N)(=O)=O)sc2S1(=O)=O. The Labute approximate surface area is 122 Å². The minimum absolute atomic E-state index is 0.0728. The van der Waals surface area contributed by atoms with Crippen LogP contribution in [-0.2, 0) is 19.9 Å². The van der Waals surface area contributed by atoms with Gasteiger partial charge in [0.25, 0.3) is 0 Å². The summed E-state index contributed by atoms with van der Waals surface area (Å²) >= 11 is 0.709. The van der Waals surface area contributed by atoms with E-state index in [4.69, 9.17) is 5.14 Å². The van der Waals surface area contributed by atoms with E-state index in [-0.39, 0.29) is 14.5 Å². The molecule has 2 atom stereocenters. The second-order valence-corrected chi connectivity index (χ2v) is 9.72. The van der Waals surface area contributed by atoms with Crippen LogP contribution in [0.1, 0.15) is 24.9 Å². The summed E-state index contributed by atoms with van der Waals surface area (Å²) in [7, 11) is -7.49. The number of hydrogen-bond acceptors (Lipinski definition) is 6. The number of nitrogens with one attached hydrogen (secondary N) is 1. The second-order valence-electron chi connectivity index (χ2n) is 4.52. The fraction of sp³-hybridized carbons (Fsp3) is 0.455. The van der Waals surface area contributed by atoms with Crippen LogP contribution in [0.3, 0.4) is 0 Å². The van der Waals surface area contributed by atoms with Crippen molar-refractivity contribution in [2.75, 3.05) is 6.54 Å². The van der Waals surface area contributed by atoms with Crippen molar-refractivity contribution in [2.24, 2.45) is 5.14 Å². The molecule has 0 aliphatic carbocycles. The normalized spacial score (nSPS) is 25.1. The third kappa shape index (κ3) is 2.56. The minimum Gasteiger partial charge on any atom is -0.310 e. The number of sulfone groups is 1. The van der Waals surface area contributed by atoms with Crippen LogP contribution in [0.2, 0.25) is 0 Å². The Kier molecular flexibility index (Phi) is 4.09. The van der Waals surface area contributed by atoms with Gasteiger partial charge >= 0.3 is 0 Å². The predicted molar refractivity (Wildman–Crippen MR) is 77.9 cm³/mol. The molecular weight excluding hydrogens is 320 g/mol. The van der Waals surface area contributed by atoms with Gasteiger partial charge in [0.05, 0.1) is 5.25 Å². The molecule has 0 unspecified atom stereocenters. The smallest absolute Gasteiger partial charge is 0.247 e. The minimum atomic E-state index is -3.91. The van der Waals surface area contributed by atoms with Crippen molar-refractivity contribution in [3.05, 3.63) is 24.3 Å². The number of hydrogen-bond donors (Lipinski definition) is 2. The highest BCUT2D eigenvalue weighted by atomic mass is 32.3. The molecule has 9 heteroatoms. The number of nitrogens with two attached hydrogens (primary N) is 1. The predicted octanol–water partition coefficient (Wildman–Crippen LogP) is 0.778. The van der Waals surface area contributed by atoms with E-state index in [1.807, 2.05) is 6.92 Å². The van der Waals surface area contributed by atoms with Crippen LogP contribution >= 0.6 is 11.3 Å². The number of rotatable bonds is 4. The highest BCUT2D eigenvalue weighted by Gasteiger charge is 2.39. The number of sulfonamides is 1. The number of primary sulfonamides is 1. The fourth-order valence-electron chi connectivity index (χ4n) is 2.26. The average molecular weight is 336 g/mol. The lowest BCUT2D eigenvalue weighted by Gasteiger charge is -2.27. The zero-order valence-electron chi connectivity index (χ0n) is 10.9. The number of thiophene rings is 1. The molecule has 1 aromatic rings. The maximum absolute atomic E-state index is 12.4. The van der Waals surface area contributed by atoms with Gasteiger partial charge < -0.3 is 5.32 Å². The Bertz CT molecular complexity index is 734. The third-order valence-electron chi connectivity index (χ3n) is 3.20. The van der Waals surface area contributed by atoms with Gasteiger partial charge in [-0.25, -0.2) is 22.0 Å². The highest BCUT2D eigenvalue weighted by molar-refractivity contribution is 7.95. The van der Waals surface area contributed by atoms with Gasteiger partial charge in [-0.2, -0.15) is 0 Å². The van der Waals surface area contributed by atoms with E-state index in [1.54, 1.807) is 0 Å². The van der Waals surface area contributed by atoms with Crippen LogP contribution in [0.4, 0.5) is 0 Å². The van der Waals surface area contributed by atoms with E-state index in [1.165, 1.54) is 12.1 Å². The average Bonchev–Trinajstić information content (AvgIpc) is 2.78. The second kappa shape index (κ2) is 5.23. The fourth-order valence-corrected chi connectivity index (χ4v) is 6.72. The Hall–Kier alpha value is -0.740. The quantitative estimate of drug-likeness (QED) is 0.790. The van der Waals surface area contributed by atoms with Gasteiger partial charge in [-0.15, -0.1) is 17.9 Å². The van der Waals surface area contributed by atoms with Crippen molar-refractivity contribution >= 4 is 31.2 Å². The summed E-state index contributed by atoms with van der Waals surface area (Å²) < 4.78 is 47.6. The molecule has 0 bridgehead atoms. The Morgan fingerprint density at radius 3 is 2.75 bits per heavy atom. The zero-order chi connectivity index (χ0) is 15.1. The Morgan fingerprint density at radius 2 is 2.25 bits per heavy atom. The monoisotopic (exact) mass is 336 g/mol. The maximum Gasteiger partial charge on any atom is 0.247 e. The molecule has 112 valence electrons. The van der Waals surface area contributed by atoms with Gasteiger partial charge in [0.1, 0.15) is 8.42 Å². The molecule has 1 aromatic heterocycles. The Balaban J connectivity index is 2.67. The highest BCUT2D eigenvalue weighted by Crippen LogP contribution is 2.42. The van der Waals surface area contributed by atoms with Crippen molar-refractivity contribution in [3.8, 4) is 0 Å². The topological polar surface area (TPSA) is 106 Å². The molecule has 2 heterocycles. The summed E-state index contributed by atoms with van der Waals surface area (Å²) in [4.78, 5) is 0. The summed E-state index contributed by atoms with van der Waals surface area (Å²) in [6.45, 7) is 6.11. The van der Waals surface area contributed by atoms with Gasteiger partial charge in [0.2, 0.25) is 10.0 Å². The standard InChI is InChI=1S/C11H16N2O4S3/c1-3-7-5-9(13-4-2)8-6-10(20(12,16)17)18-11(8)19(7,14)15/h3,6-7,9,13H,1,4-5H2,2H3,(H2,12,16,17)/t7-,9-/m0/s1. The first-order chi connectivity index (χ1) is 9.21. The molecule has 0 amide bonds. The van der Waals surface area contributed by atoms with Crippen molar-refractivity contribution in [3.63, 3.8) is 0 Å². The molecule has 0 aromatic carbocycles. The number of fused-ring (bicyclic) bond motifs is 1. The first-order valence-corrected chi connectivity index (χ1v) is 9.89. The maximum atomic E-state index is 12.4. The molecular formula is C11H16N2O4S3. The van der Waals surface area contributed by atoms with Gasteiger partial charge in [-0.1, -0.05) is 13.0 Å². The molecule has 0 saturated carbocycles. The molecule has 3 N–H and O–H groups in total. The molecule has 2 rings (SSSR count). The van der Waals surface area contributed by atoms with Crippen LogP contribution in [0.15, 0.2) is 27.1 Å². The Morgan fingerprint density at radius 1 is 1.60 bits per heavy atom. The molecule has 0 radical (unpaired) electrons. The van der Waals surface area contributed by atoms with Gasteiger partial charge in [0.15, 0.2) is 9.84 Å². The molecule has 20 heavy (non-hydrogen) atoms. The van der Waals surface area contributed by atoms with E-state index in [0.717, 1.165) is 0 Å². The van der Waals surface area contributed by atoms with Crippen LogP contribution in [0.5, 0.6) is 0 Å². The molecule has 6 nitrogen and oxygen atoms in total. The largest absolute Gasteiger partial charge is 0.310 e. The van der Waals surface area contributed by atoms with E-state index < -0.39 is 25.1 Å². The van der Waals surface area contributed by atoms with E-state index in [2.05, 4.69) is 11.9 Å². The van der Waals surface area contributed by atoms with Crippen molar-refractivity contribution in [1.29, 1.82) is 0 Å². The van der Waals surface area contributed by atoms with Crippen molar-refractivity contribution in [2.45, 2.75) is 33.1 Å².